The average molecular weight is 485 g/mol. The predicted molar refractivity (Wildman–Crippen MR) is 159 cm³/mol. The van der Waals surface area contributed by atoms with E-state index in [2.05, 4.69) is 143 Å². The first kappa shape index (κ1) is 22.0. The molecule has 0 amide bonds. The fraction of sp³-hybridized carbons (Fsp3) is 0. The third-order valence-corrected chi connectivity index (χ3v) is 7.08. The van der Waals surface area contributed by atoms with Crippen molar-refractivity contribution in [3.63, 3.8) is 0 Å². The summed E-state index contributed by atoms with van der Waals surface area (Å²) in [6.45, 7) is 0. The van der Waals surface area contributed by atoms with E-state index >= 15 is 0 Å². The summed E-state index contributed by atoms with van der Waals surface area (Å²) in [5.41, 5.74) is 10.4. The average Bonchev–Trinajstić information content (AvgIpc) is 3.33. The predicted octanol–water partition coefficient (Wildman–Crippen LogP) is 9.46. The molecule has 2 heteroatoms. The van der Waals surface area contributed by atoms with Gasteiger partial charge in [-0.3, -0.25) is 0 Å². The van der Waals surface area contributed by atoms with Crippen LogP contribution in [0.3, 0.4) is 0 Å². The van der Waals surface area contributed by atoms with Gasteiger partial charge in [0.05, 0.1) is 16.7 Å². The molecule has 0 fully saturated rings. The summed E-state index contributed by atoms with van der Waals surface area (Å²) in [6, 6.07) is 55.2. The highest BCUT2D eigenvalue weighted by Crippen LogP contribution is 2.36. The Balaban J connectivity index is 1.22. The lowest BCUT2D eigenvalue weighted by molar-refractivity contribution is 1.18. The minimum Gasteiger partial charge on any atom is -0.356 e. The Kier molecular flexibility index (Phi) is 5.39. The largest absolute Gasteiger partial charge is 0.356 e. The molecule has 1 aromatic heterocycles. The van der Waals surface area contributed by atoms with Gasteiger partial charge >= 0.3 is 0 Å². The molecule has 0 radical (unpaired) electrons. The van der Waals surface area contributed by atoms with Crippen molar-refractivity contribution in [2.45, 2.75) is 0 Å². The smallest absolute Gasteiger partial charge is 0.0631 e. The Morgan fingerprint density at radius 1 is 0.447 bits per heavy atom. The molecule has 7 rings (SSSR count). The molecule has 0 aliphatic heterocycles. The van der Waals surface area contributed by atoms with Crippen molar-refractivity contribution < 1.29 is 0 Å². The van der Waals surface area contributed by atoms with Crippen LogP contribution < -0.4 is 5.32 Å². The normalized spacial score (nSPS) is 10.9. The number of hydrogen-bond donors (Lipinski definition) is 1. The number of aromatic nitrogens is 1. The summed E-state index contributed by atoms with van der Waals surface area (Å²) in [5.74, 6) is 0. The molecule has 0 unspecified atom stereocenters. The second kappa shape index (κ2) is 9.32. The van der Waals surface area contributed by atoms with Gasteiger partial charge in [-0.05, 0) is 59.2 Å². The maximum atomic E-state index is 3.54. The lowest BCUT2D eigenvalue weighted by Crippen LogP contribution is -1.97. The zero-order valence-electron chi connectivity index (χ0n) is 20.7. The first-order valence-corrected chi connectivity index (χ1v) is 12.8. The second-order valence-corrected chi connectivity index (χ2v) is 9.39. The number of nitrogens with one attached hydrogen (secondary N) is 1. The van der Waals surface area contributed by atoms with Crippen LogP contribution in [0.1, 0.15) is 0 Å². The first-order chi connectivity index (χ1) is 18.8. The van der Waals surface area contributed by atoms with Crippen LogP contribution in [-0.2, 0) is 0 Å². The molecule has 178 valence electrons. The SMILES string of the molecule is c1cc2c3ccccc3n(-c3ccccc3-c3ccc(Nc4ccc(-c5ccccc5)cc4)cc3)c2cc#1. The van der Waals surface area contributed by atoms with E-state index in [1.165, 1.54) is 38.5 Å². The van der Waals surface area contributed by atoms with Crippen molar-refractivity contribution in [2.24, 2.45) is 0 Å². The summed E-state index contributed by atoms with van der Waals surface area (Å²) in [5, 5.41) is 5.95. The third kappa shape index (κ3) is 3.88. The minimum atomic E-state index is 1.06. The molecule has 0 spiro atoms. The van der Waals surface area contributed by atoms with E-state index in [1.807, 2.05) is 18.2 Å². The Bertz CT molecular complexity index is 1810. The van der Waals surface area contributed by atoms with Crippen LogP contribution in [0.4, 0.5) is 11.4 Å². The van der Waals surface area contributed by atoms with Crippen LogP contribution in [-0.4, -0.2) is 4.57 Å². The van der Waals surface area contributed by atoms with Crippen LogP contribution in [0, 0.1) is 12.1 Å². The van der Waals surface area contributed by atoms with Crippen LogP contribution in [0.2, 0.25) is 0 Å². The number of para-hydroxylation sites is 2. The summed E-state index contributed by atoms with van der Waals surface area (Å²) in [4.78, 5) is 0. The van der Waals surface area contributed by atoms with Crippen LogP contribution >= 0.6 is 0 Å². The fourth-order valence-corrected chi connectivity index (χ4v) is 5.25. The molecular formula is C36H24N2. The number of hydrogen-bond acceptors (Lipinski definition) is 1. The molecule has 6 aromatic carbocycles. The van der Waals surface area contributed by atoms with Crippen molar-refractivity contribution in [1.29, 1.82) is 0 Å². The van der Waals surface area contributed by atoms with E-state index in [0.29, 0.717) is 0 Å². The molecule has 1 N–H and O–H groups in total. The van der Waals surface area contributed by atoms with Crippen molar-refractivity contribution in [2.75, 3.05) is 5.32 Å². The molecule has 0 aliphatic rings. The minimum absolute atomic E-state index is 1.06. The van der Waals surface area contributed by atoms with E-state index in [-0.39, 0.29) is 0 Å². The number of anilines is 2. The molecule has 2 nitrogen and oxygen atoms in total. The van der Waals surface area contributed by atoms with Crippen LogP contribution in [0.25, 0.3) is 49.7 Å². The Hall–Kier alpha value is -5.26. The number of benzene rings is 5. The molecule has 1 heterocycles. The Morgan fingerprint density at radius 3 is 1.84 bits per heavy atom. The van der Waals surface area contributed by atoms with Gasteiger partial charge in [0.15, 0.2) is 0 Å². The standard InChI is InChI=1S/C36H24N2/c1-2-10-26(11-3-1)27-18-22-29(23-19-27)37-30-24-20-28(21-25-30)31-12-4-7-15-34(31)38-35-16-8-5-13-32(35)33-14-6-9-17-36(33)38/h1-5,7-8,10-25,37H. The van der Waals surface area contributed by atoms with Crippen molar-refractivity contribution in [3.05, 3.63) is 152 Å². The van der Waals surface area contributed by atoms with E-state index < -0.39 is 0 Å². The van der Waals surface area contributed by atoms with Crippen molar-refractivity contribution in [1.82, 2.24) is 4.57 Å². The van der Waals surface area contributed by atoms with Crippen molar-refractivity contribution >= 4 is 33.2 Å². The van der Waals surface area contributed by atoms with Gasteiger partial charge in [-0.15, -0.1) is 0 Å². The highest BCUT2D eigenvalue weighted by atomic mass is 15.0. The quantitative estimate of drug-likeness (QED) is 0.257. The highest BCUT2D eigenvalue weighted by Gasteiger charge is 2.14. The van der Waals surface area contributed by atoms with Gasteiger partial charge in [0.25, 0.3) is 0 Å². The monoisotopic (exact) mass is 484 g/mol. The second-order valence-electron chi connectivity index (χ2n) is 9.39. The molecule has 0 bridgehead atoms. The van der Waals surface area contributed by atoms with E-state index in [9.17, 15) is 0 Å². The first-order valence-electron chi connectivity index (χ1n) is 12.8. The summed E-state index contributed by atoms with van der Waals surface area (Å²) in [7, 11) is 0. The molecule has 0 aliphatic carbocycles. The molecule has 0 saturated carbocycles. The highest BCUT2D eigenvalue weighted by molar-refractivity contribution is 6.09. The van der Waals surface area contributed by atoms with E-state index in [1.54, 1.807) is 0 Å². The molecular weight excluding hydrogens is 460 g/mol. The van der Waals surface area contributed by atoms with Gasteiger partial charge in [-0.1, -0.05) is 103 Å². The lowest BCUT2D eigenvalue weighted by atomic mass is 10.0. The summed E-state index contributed by atoms with van der Waals surface area (Å²) >= 11 is 0. The van der Waals surface area contributed by atoms with E-state index in [0.717, 1.165) is 22.6 Å². The maximum Gasteiger partial charge on any atom is 0.0631 e. The van der Waals surface area contributed by atoms with Gasteiger partial charge in [-0.25, -0.2) is 0 Å². The molecule has 38 heavy (non-hydrogen) atoms. The summed E-state index contributed by atoms with van der Waals surface area (Å²) < 4.78 is 2.34. The topological polar surface area (TPSA) is 17.0 Å². The summed E-state index contributed by atoms with van der Waals surface area (Å²) in [6.07, 6.45) is 0. The Labute approximate surface area is 222 Å². The van der Waals surface area contributed by atoms with Crippen LogP contribution in [0.15, 0.2) is 140 Å². The molecule has 7 aromatic rings. The van der Waals surface area contributed by atoms with Gasteiger partial charge in [0.1, 0.15) is 0 Å². The number of rotatable bonds is 5. The van der Waals surface area contributed by atoms with Crippen LogP contribution in [0.5, 0.6) is 0 Å². The zero-order valence-corrected chi connectivity index (χ0v) is 20.7. The van der Waals surface area contributed by atoms with Crippen molar-refractivity contribution in [3.8, 4) is 27.9 Å². The maximum absolute atomic E-state index is 3.54. The lowest BCUT2D eigenvalue weighted by Gasteiger charge is -2.14. The van der Waals surface area contributed by atoms with E-state index in [4.69, 9.17) is 0 Å². The zero-order chi connectivity index (χ0) is 25.3. The Morgan fingerprint density at radius 2 is 1.05 bits per heavy atom. The number of nitrogens with zero attached hydrogens (tertiary/aromatic N) is 1. The fourth-order valence-electron chi connectivity index (χ4n) is 5.25. The molecule has 0 atom stereocenters. The third-order valence-electron chi connectivity index (χ3n) is 7.08. The van der Waals surface area contributed by atoms with Gasteiger partial charge in [0.2, 0.25) is 0 Å². The molecule has 0 saturated heterocycles. The van der Waals surface area contributed by atoms with Gasteiger partial charge in [-0.2, -0.15) is 0 Å². The van der Waals surface area contributed by atoms with Gasteiger partial charge < -0.3 is 9.88 Å². The number of fused-ring (bicyclic) bond motifs is 3. The van der Waals surface area contributed by atoms with Gasteiger partial charge in [0, 0.05) is 33.8 Å².